The van der Waals surface area contributed by atoms with Gasteiger partial charge in [-0.15, -0.1) is 0 Å². The molecule has 2 amide bonds. The molecule has 2 aromatic carbocycles. The molecule has 9 heteroatoms. The summed E-state index contributed by atoms with van der Waals surface area (Å²) in [6.45, 7) is 1.88. The van der Waals surface area contributed by atoms with Gasteiger partial charge in [0.2, 0.25) is 0 Å². The summed E-state index contributed by atoms with van der Waals surface area (Å²) in [6, 6.07) is 14.5. The number of para-hydroxylation sites is 1. The number of methoxy groups -OCH3 is 1. The molecule has 9 nitrogen and oxygen atoms in total. The Morgan fingerprint density at radius 1 is 1.21 bits per heavy atom. The topological polar surface area (TPSA) is 119 Å². The molecule has 0 aliphatic carbocycles. The zero-order valence-electron chi connectivity index (χ0n) is 15.7. The van der Waals surface area contributed by atoms with Gasteiger partial charge in [-0.2, -0.15) is 5.10 Å². The summed E-state index contributed by atoms with van der Waals surface area (Å²) in [5, 5.41) is 17.4. The number of aryl methyl sites for hydroxylation is 1. The van der Waals surface area contributed by atoms with Gasteiger partial charge in [0.25, 0.3) is 5.69 Å². The van der Waals surface area contributed by atoms with Gasteiger partial charge in [0.05, 0.1) is 29.9 Å². The van der Waals surface area contributed by atoms with Crippen molar-refractivity contribution in [3.63, 3.8) is 0 Å². The predicted octanol–water partition coefficient (Wildman–Crippen LogP) is 4.33. The standard InChI is InChI=1S/C20H18N4O5/c1-13-5-3-4-6-17(13)22-20(25)23-21-12-15-8-10-18(29-15)16-9-7-14(24(26)27)11-19(16)28-2/h3-12H,1-2H3,(H2,22,23,25). The summed E-state index contributed by atoms with van der Waals surface area (Å²) >= 11 is 0. The molecule has 0 saturated carbocycles. The minimum atomic E-state index is -0.500. The molecule has 3 rings (SSSR count). The first-order valence-electron chi connectivity index (χ1n) is 8.56. The van der Waals surface area contributed by atoms with Crippen LogP contribution < -0.4 is 15.5 Å². The van der Waals surface area contributed by atoms with E-state index >= 15 is 0 Å². The Kier molecular flexibility index (Phi) is 5.88. The molecule has 0 bridgehead atoms. The fourth-order valence-electron chi connectivity index (χ4n) is 2.58. The van der Waals surface area contributed by atoms with Gasteiger partial charge in [0.1, 0.15) is 17.3 Å². The second-order valence-corrected chi connectivity index (χ2v) is 5.98. The number of hydrogen-bond acceptors (Lipinski definition) is 6. The summed E-state index contributed by atoms with van der Waals surface area (Å²) in [4.78, 5) is 22.3. The Bertz CT molecular complexity index is 1070. The molecule has 0 fully saturated rings. The van der Waals surface area contributed by atoms with Crippen LogP contribution in [0.3, 0.4) is 0 Å². The number of hydrazone groups is 1. The van der Waals surface area contributed by atoms with E-state index in [0.29, 0.717) is 28.5 Å². The molecule has 0 radical (unpaired) electrons. The molecule has 0 spiro atoms. The summed E-state index contributed by atoms with van der Waals surface area (Å²) < 4.78 is 10.9. The van der Waals surface area contributed by atoms with Crippen LogP contribution in [0.5, 0.6) is 5.75 Å². The number of carbonyl (C=O) groups excluding carboxylic acids is 1. The van der Waals surface area contributed by atoms with Crippen LogP contribution >= 0.6 is 0 Å². The van der Waals surface area contributed by atoms with Crippen molar-refractivity contribution in [2.24, 2.45) is 5.10 Å². The number of anilines is 1. The molecular formula is C20H18N4O5. The maximum atomic E-state index is 11.9. The van der Waals surface area contributed by atoms with E-state index in [9.17, 15) is 14.9 Å². The molecule has 3 aromatic rings. The fourth-order valence-corrected chi connectivity index (χ4v) is 2.58. The van der Waals surface area contributed by atoms with Crippen LogP contribution in [-0.4, -0.2) is 24.3 Å². The van der Waals surface area contributed by atoms with Crippen molar-refractivity contribution >= 4 is 23.6 Å². The molecular weight excluding hydrogens is 376 g/mol. The molecule has 2 N–H and O–H groups in total. The highest BCUT2D eigenvalue weighted by atomic mass is 16.6. The number of furan rings is 1. The number of carbonyl (C=O) groups is 1. The summed E-state index contributed by atoms with van der Waals surface area (Å²) in [5.74, 6) is 1.15. The van der Waals surface area contributed by atoms with Crippen LogP contribution in [0.15, 0.2) is 64.1 Å². The number of ether oxygens (including phenoxy) is 1. The van der Waals surface area contributed by atoms with Crippen LogP contribution in [-0.2, 0) is 0 Å². The third-order valence-electron chi connectivity index (χ3n) is 4.04. The van der Waals surface area contributed by atoms with Gasteiger partial charge in [-0.05, 0) is 36.8 Å². The van der Waals surface area contributed by atoms with Crippen molar-refractivity contribution in [1.29, 1.82) is 0 Å². The smallest absolute Gasteiger partial charge is 0.339 e. The molecule has 0 saturated heterocycles. The van der Waals surface area contributed by atoms with Crippen molar-refractivity contribution in [1.82, 2.24) is 5.43 Å². The van der Waals surface area contributed by atoms with E-state index in [1.807, 2.05) is 25.1 Å². The van der Waals surface area contributed by atoms with Crippen LogP contribution in [0, 0.1) is 17.0 Å². The SMILES string of the molecule is COc1cc([N+](=O)[O-])ccc1-c1ccc(C=NNC(=O)Nc2ccccc2C)o1. The molecule has 0 aliphatic heterocycles. The van der Waals surface area contributed by atoms with Crippen molar-refractivity contribution in [2.45, 2.75) is 6.92 Å². The second kappa shape index (κ2) is 8.70. The largest absolute Gasteiger partial charge is 0.496 e. The number of nitrogens with zero attached hydrogens (tertiary/aromatic N) is 2. The average molecular weight is 394 g/mol. The summed E-state index contributed by atoms with van der Waals surface area (Å²) in [5.41, 5.74) is 4.45. The average Bonchev–Trinajstić information content (AvgIpc) is 3.18. The normalized spacial score (nSPS) is 10.7. The van der Waals surface area contributed by atoms with Crippen molar-refractivity contribution in [3.05, 3.63) is 76.0 Å². The lowest BCUT2D eigenvalue weighted by Crippen LogP contribution is -2.24. The Morgan fingerprint density at radius 3 is 2.72 bits per heavy atom. The summed E-state index contributed by atoms with van der Waals surface area (Å²) in [7, 11) is 1.42. The molecule has 0 unspecified atom stereocenters. The number of nitro groups is 1. The number of nitro benzene ring substituents is 1. The number of non-ortho nitro benzene ring substituents is 1. The minimum Gasteiger partial charge on any atom is -0.496 e. The lowest BCUT2D eigenvalue weighted by Gasteiger charge is -2.06. The number of amides is 2. The minimum absolute atomic E-state index is 0.0807. The number of rotatable bonds is 6. The van der Waals surface area contributed by atoms with Crippen molar-refractivity contribution in [2.75, 3.05) is 12.4 Å². The van der Waals surface area contributed by atoms with Gasteiger partial charge in [0, 0.05) is 11.8 Å². The van der Waals surface area contributed by atoms with Gasteiger partial charge in [0.15, 0.2) is 0 Å². The number of urea groups is 1. The molecule has 0 aliphatic rings. The summed E-state index contributed by atoms with van der Waals surface area (Å²) in [6.07, 6.45) is 1.35. The number of hydrogen-bond donors (Lipinski definition) is 2. The first-order valence-corrected chi connectivity index (χ1v) is 8.56. The first kappa shape index (κ1) is 19.6. The molecule has 1 heterocycles. The zero-order valence-corrected chi connectivity index (χ0v) is 15.7. The van der Waals surface area contributed by atoms with E-state index in [2.05, 4.69) is 15.8 Å². The maximum absolute atomic E-state index is 11.9. The van der Waals surface area contributed by atoms with Crippen LogP contribution in [0.4, 0.5) is 16.2 Å². The lowest BCUT2D eigenvalue weighted by molar-refractivity contribution is -0.384. The highest BCUT2D eigenvalue weighted by Crippen LogP contribution is 2.34. The van der Waals surface area contributed by atoms with E-state index in [-0.39, 0.29) is 5.69 Å². The monoisotopic (exact) mass is 394 g/mol. The Balaban J connectivity index is 1.67. The molecule has 29 heavy (non-hydrogen) atoms. The number of benzene rings is 2. The van der Waals surface area contributed by atoms with Gasteiger partial charge in [-0.3, -0.25) is 10.1 Å². The first-order chi connectivity index (χ1) is 14.0. The Morgan fingerprint density at radius 2 is 2.00 bits per heavy atom. The van der Waals surface area contributed by atoms with E-state index in [4.69, 9.17) is 9.15 Å². The highest BCUT2D eigenvalue weighted by Gasteiger charge is 2.15. The lowest BCUT2D eigenvalue weighted by atomic mass is 10.1. The van der Waals surface area contributed by atoms with Gasteiger partial charge in [-0.25, -0.2) is 10.2 Å². The van der Waals surface area contributed by atoms with E-state index in [0.717, 1.165) is 5.56 Å². The second-order valence-electron chi connectivity index (χ2n) is 5.98. The van der Waals surface area contributed by atoms with Gasteiger partial charge in [-0.1, -0.05) is 18.2 Å². The fraction of sp³-hybridized carbons (Fsp3) is 0.100. The molecule has 0 atom stereocenters. The van der Waals surface area contributed by atoms with E-state index in [1.165, 1.54) is 25.5 Å². The Hall–Kier alpha value is -4.14. The van der Waals surface area contributed by atoms with Crippen molar-refractivity contribution in [3.8, 4) is 17.1 Å². The van der Waals surface area contributed by atoms with Crippen LogP contribution in [0.2, 0.25) is 0 Å². The molecule has 148 valence electrons. The molecule has 1 aromatic heterocycles. The van der Waals surface area contributed by atoms with Crippen LogP contribution in [0.25, 0.3) is 11.3 Å². The van der Waals surface area contributed by atoms with Crippen LogP contribution in [0.1, 0.15) is 11.3 Å². The van der Waals surface area contributed by atoms with E-state index in [1.54, 1.807) is 24.3 Å². The van der Waals surface area contributed by atoms with Gasteiger partial charge >= 0.3 is 6.03 Å². The van der Waals surface area contributed by atoms with E-state index < -0.39 is 11.0 Å². The van der Waals surface area contributed by atoms with Gasteiger partial charge < -0.3 is 14.5 Å². The predicted molar refractivity (Wildman–Crippen MR) is 108 cm³/mol. The quantitative estimate of drug-likeness (QED) is 0.366. The zero-order chi connectivity index (χ0) is 20.8. The third kappa shape index (κ3) is 4.78. The Labute approximate surface area is 166 Å². The maximum Gasteiger partial charge on any atom is 0.339 e. The number of nitrogens with one attached hydrogen (secondary N) is 2. The third-order valence-corrected chi connectivity index (χ3v) is 4.04. The highest BCUT2D eigenvalue weighted by molar-refractivity contribution is 5.90. The van der Waals surface area contributed by atoms with Crippen molar-refractivity contribution < 1.29 is 18.9 Å².